The number of fused-ring (bicyclic) bond motifs is 1. The van der Waals surface area contributed by atoms with E-state index in [1.807, 2.05) is 6.07 Å². The molecule has 19 heavy (non-hydrogen) atoms. The zero-order valence-corrected chi connectivity index (χ0v) is 11.5. The van der Waals surface area contributed by atoms with Gasteiger partial charge in [-0.2, -0.15) is 0 Å². The topological polar surface area (TPSA) is 23.5 Å². The van der Waals surface area contributed by atoms with Crippen LogP contribution in [0, 0.1) is 17.7 Å². The van der Waals surface area contributed by atoms with E-state index in [9.17, 15) is 9.50 Å². The predicted molar refractivity (Wildman–Crippen MR) is 74.8 cm³/mol. The van der Waals surface area contributed by atoms with E-state index in [2.05, 4.69) is 11.8 Å². The van der Waals surface area contributed by atoms with Crippen LogP contribution in [0.1, 0.15) is 31.7 Å². The van der Waals surface area contributed by atoms with Crippen molar-refractivity contribution in [1.82, 2.24) is 0 Å². The summed E-state index contributed by atoms with van der Waals surface area (Å²) < 4.78 is 13.4. The van der Waals surface area contributed by atoms with Crippen molar-refractivity contribution >= 4 is 5.69 Å². The maximum atomic E-state index is 13.4. The molecule has 1 N–H and O–H groups in total. The zero-order valence-electron chi connectivity index (χ0n) is 11.5. The lowest BCUT2D eigenvalue weighted by Crippen LogP contribution is -2.38. The third-order valence-corrected chi connectivity index (χ3v) is 4.70. The van der Waals surface area contributed by atoms with E-state index in [-0.39, 0.29) is 11.9 Å². The van der Waals surface area contributed by atoms with Crippen molar-refractivity contribution in [3.8, 4) is 0 Å². The van der Waals surface area contributed by atoms with E-state index in [0.717, 1.165) is 44.5 Å². The molecule has 3 unspecified atom stereocenters. The number of anilines is 1. The van der Waals surface area contributed by atoms with Gasteiger partial charge < -0.3 is 10.0 Å². The van der Waals surface area contributed by atoms with Gasteiger partial charge in [-0.15, -0.1) is 0 Å². The van der Waals surface area contributed by atoms with Gasteiger partial charge in [-0.05, 0) is 49.3 Å². The fourth-order valence-corrected chi connectivity index (χ4v) is 3.57. The van der Waals surface area contributed by atoms with Crippen LogP contribution in [0.15, 0.2) is 18.2 Å². The average Bonchev–Trinajstić information content (AvgIpc) is 2.77. The molecule has 0 saturated heterocycles. The number of aliphatic hydroxyl groups is 1. The minimum Gasteiger partial charge on any atom is -0.393 e. The summed E-state index contributed by atoms with van der Waals surface area (Å²) in [6.07, 6.45) is 3.93. The van der Waals surface area contributed by atoms with Crippen LogP contribution in [-0.2, 0) is 6.42 Å². The Morgan fingerprint density at radius 3 is 3.05 bits per heavy atom. The molecule has 1 aromatic rings. The quantitative estimate of drug-likeness (QED) is 0.886. The van der Waals surface area contributed by atoms with Gasteiger partial charge in [-0.25, -0.2) is 4.39 Å². The van der Waals surface area contributed by atoms with Gasteiger partial charge in [-0.3, -0.25) is 0 Å². The largest absolute Gasteiger partial charge is 0.393 e. The van der Waals surface area contributed by atoms with Crippen molar-refractivity contribution < 1.29 is 9.50 Å². The maximum Gasteiger partial charge on any atom is 0.125 e. The molecule has 1 fully saturated rings. The number of rotatable bonds is 2. The van der Waals surface area contributed by atoms with E-state index in [1.54, 1.807) is 12.1 Å². The smallest absolute Gasteiger partial charge is 0.125 e. The molecule has 3 atom stereocenters. The number of hydrogen-bond acceptors (Lipinski definition) is 2. The molecule has 1 heterocycles. The second kappa shape index (κ2) is 5.12. The number of hydrogen-bond donors (Lipinski definition) is 1. The number of halogens is 1. The molecule has 0 aromatic heterocycles. The van der Waals surface area contributed by atoms with E-state index in [4.69, 9.17) is 0 Å². The molecule has 1 saturated carbocycles. The Labute approximate surface area is 114 Å². The highest BCUT2D eigenvalue weighted by atomic mass is 19.1. The second-order valence-corrected chi connectivity index (χ2v) is 6.21. The summed E-state index contributed by atoms with van der Waals surface area (Å²) >= 11 is 0. The van der Waals surface area contributed by atoms with Gasteiger partial charge in [0.25, 0.3) is 0 Å². The fraction of sp³-hybridized carbons (Fsp3) is 0.625. The lowest BCUT2D eigenvalue weighted by atomic mass is 9.80. The highest BCUT2D eigenvalue weighted by Crippen LogP contribution is 2.34. The summed E-state index contributed by atoms with van der Waals surface area (Å²) in [4.78, 5) is 2.25. The summed E-state index contributed by atoms with van der Waals surface area (Å²) in [5.41, 5.74) is 2.27. The zero-order chi connectivity index (χ0) is 13.4. The third-order valence-electron chi connectivity index (χ3n) is 4.70. The summed E-state index contributed by atoms with van der Waals surface area (Å²) in [6.45, 7) is 4.08. The maximum absolute atomic E-state index is 13.4. The summed E-state index contributed by atoms with van der Waals surface area (Å²) in [5.74, 6) is 0.865. The Kier molecular flexibility index (Phi) is 3.48. The van der Waals surface area contributed by atoms with Crippen LogP contribution in [0.4, 0.5) is 10.1 Å². The van der Waals surface area contributed by atoms with Crippen LogP contribution in [0.25, 0.3) is 0 Å². The van der Waals surface area contributed by atoms with Gasteiger partial charge in [0.2, 0.25) is 0 Å². The molecule has 1 aliphatic carbocycles. The second-order valence-electron chi connectivity index (χ2n) is 6.21. The van der Waals surface area contributed by atoms with Crippen LogP contribution in [0.5, 0.6) is 0 Å². The van der Waals surface area contributed by atoms with Gasteiger partial charge in [-0.1, -0.05) is 13.0 Å². The van der Waals surface area contributed by atoms with Crippen LogP contribution in [0.3, 0.4) is 0 Å². The van der Waals surface area contributed by atoms with Crippen molar-refractivity contribution in [2.75, 3.05) is 18.0 Å². The van der Waals surface area contributed by atoms with Crippen LogP contribution >= 0.6 is 0 Å². The fourth-order valence-electron chi connectivity index (χ4n) is 3.57. The Morgan fingerprint density at radius 2 is 2.21 bits per heavy atom. The van der Waals surface area contributed by atoms with E-state index < -0.39 is 0 Å². The van der Waals surface area contributed by atoms with Gasteiger partial charge >= 0.3 is 0 Å². The molecule has 0 amide bonds. The minimum atomic E-state index is -0.186. The molecule has 0 spiro atoms. The van der Waals surface area contributed by atoms with Gasteiger partial charge in [0, 0.05) is 24.7 Å². The average molecular weight is 263 g/mol. The normalized spacial score (nSPS) is 30.5. The summed E-state index contributed by atoms with van der Waals surface area (Å²) in [5, 5.41) is 10.1. The molecular formula is C16H22FNO. The van der Waals surface area contributed by atoms with Crippen LogP contribution in [-0.4, -0.2) is 24.3 Å². The number of aliphatic hydroxyl groups excluding tert-OH is 1. The molecule has 3 heteroatoms. The van der Waals surface area contributed by atoms with E-state index in [1.165, 1.54) is 5.56 Å². The van der Waals surface area contributed by atoms with Crippen molar-refractivity contribution in [1.29, 1.82) is 0 Å². The van der Waals surface area contributed by atoms with Gasteiger partial charge in [0.1, 0.15) is 5.82 Å². The first kappa shape index (κ1) is 12.9. The monoisotopic (exact) mass is 263 g/mol. The summed E-state index contributed by atoms with van der Waals surface area (Å²) in [6, 6.07) is 5.07. The van der Waals surface area contributed by atoms with Crippen molar-refractivity contribution in [3.63, 3.8) is 0 Å². The number of nitrogens with zero attached hydrogens (tertiary/aromatic N) is 1. The highest BCUT2D eigenvalue weighted by Gasteiger charge is 2.30. The molecule has 0 radical (unpaired) electrons. The molecule has 1 aliphatic heterocycles. The van der Waals surface area contributed by atoms with Crippen LogP contribution < -0.4 is 4.90 Å². The van der Waals surface area contributed by atoms with Crippen LogP contribution in [0.2, 0.25) is 0 Å². The molecule has 104 valence electrons. The first-order valence-electron chi connectivity index (χ1n) is 7.35. The number of benzene rings is 1. The first-order chi connectivity index (χ1) is 9.13. The molecule has 2 aliphatic rings. The Morgan fingerprint density at radius 1 is 1.37 bits per heavy atom. The van der Waals surface area contributed by atoms with E-state index in [0.29, 0.717) is 11.8 Å². The molecule has 1 aromatic carbocycles. The molecular weight excluding hydrogens is 241 g/mol. The minimum absolute atomic E-state index is 0.164. The molecule has 2 nitrogen and oxygen atoms in total. The summed E-state index contributed by atoms with van der Waals surface area (Å²) in [7, 11) is 0. The van der Waals surface area contributed by atoms with Gasteiger partial charge in [0.15, 0.2) is 0 Å². The lowest BCUT2D eigenvalue weighted by Gasteiger charge is -2.35. The van der Waals surface area contributed by atoms with Crippen molar-refractivity contribution in [2.45, 2.75) is 38.7 Å². The highest BCUT2D eigenvalue weighted by molar-refractivity contribution is 5.58. The Balaban J connectivity index is 1.73. The third kappa shape index (κ3) is 2.62. The first-order valence-corrected chi connectivity index (χ1v) is 7.35. The van der Waals surface area contributed by atoms with Crippen molar-refractivity contribution in [3.05, 3.63) is 29.6 Å². The standard InChI is InChI=1S/C16H22FNO/c1-11-2-5-16(19)13(8-11)10-18-7-6-12-3-4-14(17)9-15(12)18/h3-4,9,11,13,16,19H,2,5-8,10H2,1H3. The molecule has 3 rings (SSSR count). The Hall–Kier alpha value is -1.09. The Bertz CT molecular complexity index is 462. The lowest BCUT2D eigenvalue weighted by molar-refractivity contribution is 0.0553. The SMILES string of the molecule is CC1CCC(O)C(CN2CCc3ccc(F)cc32)C1. The van der Waals surface area contributed by atoms with Crippen molar-refractivity contribution in [2.24, 2.45) is 11.8 Å². The van der Waals surface area contributed by atoms with Gasteiger partial charge in [0.05, 0.1) is 6.10 Å². The van der Waals surface area contributed by atoms with E-state index >= 15 is 0 Å². The molecule has 0 bridgehead atoms. The predicted octanol–water partition coefficient (Wildman–Crippen LogP) is 2.99.